The quantitative estimate of drug-likeness (QED) is 0.699. The topological polar surface area (TPSA) is 81.7 Å². The lowest BCUT2D eigenvalue weighted by Gasteiger charge is -2.21. The van der Waals surface area contributed by atoms with E-state index in [-0.39, 0.29) is 6.54 Å². The summed E-state index contributed by atoms with van der Waals surface area (Å²) >= 11 is 0. The number of aryl methyl sites for hydroxylation is 2. The average Bonchev–Trinajstić information content (AvgIpc) is 2.31. The summed E-state index contributed by atoms with van der Waals surface area (Å²) in [7, 11) is 1.44. The smallest absolute Gasteiger partial charge is 0.423 e. The maximum absolute atomic E-state index is 11.5. The fourth-order valence-corrected chi connectivity index (χ4v) is 1.50. The second kappa shape index (κ2) is 5.90. The molecule has 3 amide bonds. The number of nitrogens with zero attached hydrogens (tertiary/aromatic N) is 1. The van der Waals surface area contributed by atoms with Crippen LogP contribution in [0.2, 0.25) is 0 Å². The number of amides is 3. The molecular weight excluding hydrogens is 234 g/mol. The van der Waals surface area contributed by atoms with Crippen LogP contribution in [0.1, 0.15) is 16.7 Å². The fourth-order valence-electron chi connectivity index (χ4n) is 1.50. The van der Waals surface area contributed by atoms with Gasteiger partial charge in [-0.05, 0) is 30.5 Å². The standard InChI is InChI=1S/C12H17N3O3/c1-8-4-5-10(6-9(8)2)7-15(11(16)13-3)14-12(17)18/h4-6,14H,7H2,1-3H3,(H,13,16)(H,17,18). The molecule has 0 fully saturated rings. The van der Waals surface area contributed by atoms with E-state index in [1.807, 2.05) is 32.0 Å². The van der Waals surface area contributed by atoms with Crippen molar-refractivity contribution in [3.05, 3.63) is 34.9 Å². The van der Waals surface area contributed by atoms with E-state index in [1.54, 1.807) is 0 Å². The van der Waals surface area contributed by atoms with Crippen molar-refractivity contribution in [2.75, 3.05) is 7.05 Å². The van der Waals surface area contributed by atoms with Crippen molar-refractivity contribution >= 4 is 12.1 Å². The Morgan fingerprint density at radius 2 is 1.94 bits per heavy atom. The summed E-state index contributed by atoms with van der Waals surface area (Å²) in [5.41, 5.74) is 5.15. The van der Waals surface area contributed by atoms with Gasteiger partial charge in [0.1, 0.15) is 0 Å². The molecule has 0 aliphatic carbocycles. The molecule has 1 rings (SSSR count). The van der Waals surface area contributed by atoms with E-state index < -0.39 is 12.1 Å². The molecule has 3 N–H and O–H groups in total. The van der Waals surface area contributed by atoms with Crippen molar-refractivity contribution in [1.29, 1.82) is 0 Å². The Labute approximate surface area is 106 Å². The first-order valence-electron chi connectivity index (χ1n) is 5.49. The van der Waals surface area contributed by atoms with Gasteiger partial charge in [0.2, 0.25) is 0 Å². The first-order valence-corrected chi connectivity index (χ1v) is 5.49. The number of benzene rings is 1. The molecule has 0 atom stereocenters. The van der Waals surface area contributed by atoms with Gasteiger partial charge in [-0.2, -0.15) is 0 Å². The molecule has 0 saturated heterocycles. The van der Waals surface area contributed by atoms with E-state index in [0.29, 0.717) is 0 Å². The number of hydrazine groups is 1. The van der Waals surface area contributed by atoms with Crippen LogP contribution in [-0.2, 0) is 6.54 Å². The van der Waals surface area contributed by atoms with Gasteiger partial charge in [0.05, 0.1) is 6.54 Å². The third-order valence-corrected chi connectivity index (χ3v) is 2.60. The Morgan fingerprint density at radius 3 is 2.44 bits per heavy atom. The fraction of sp³-hybridized carbons (Fsp3) is 0.333. The number of carboxylic acid groups (broad SMARTS) is 1. The van der Waals surface area contributed by atoms with Crippen LogP contribution >= 0.6 is 0 Å². The predicted octanol–water partition coefficient (Wildman–Crippen LogP) is 1.63. The van der Waals surface area contributed by atoms with Gasteiger partial charge in [-0.1, -0.05) is 18.2 Å². The molecule has 1 aromatic carbocycles. The van der Waals surface area contributed by atoms with Crippen molar-refractivity contribution in [3.63, 3.8) is 0 Å². The molecule has 0 unspecified atom stereocenters. The molecule has 6 nitrogen and oxygen atoms in total. The molecule has 18 heavy (non-hydrogen) atoms. The highest BCUT2D eigenvalue weighted by atomic mass is 16.4. The van der Waals surface area contributed by atoms with Gasteiger partial charge in [0.15, 0.2) is 0 Å². The minimum Gasteiger partial charge on any atom is -0.464 e. The second-order valence-electron chi connectivity index (χ2n) is 3.98. The molecule has 0 aromatic heterocycles. The number of nitrogens with one attached hydrogen (secondary N) is 2. The van der Waals surface area contributed by atoms with Crippen LogP contribution < -0.4 is 10.7 Å². The van der Waals surface area contributed by atoms with Crippen LogP contribution in [0.25, 0.3) is 0 Å². The Bertz CT molecular complexity index is 460. The molecular formula is C12H17N3O3. The minimum absolute atomic E-state index is 0.174. The van der Waals surface area contributed by atoms with E-state index in [1.165, 1.54) is 7.05 Å². The lowest BCUT2D eigenvalue weighted by molar-refractivity contribution is 0.140. The summed E-state index contributed by atoms with van der Waals surface area (Å²) < 4.78 is 0. The largest absolute Gasteiger partial charge is 0.464 e. The van der Waals surface area contributed by atoms with Crippen LogP contribution in [0.4, 0.5) is 9.59 Å². The minimum atomic E-state index is -1.28. The number of urea groups is 1. The molecule has 0 spiro atoms. The summed E-state index contributed by atoms with van der Waals surface area (Å²) in [6.45, 7) is 4.13. The van der Waals surface area contributed by atoms with E-state index in [0.717, 1.165) is 21.7 Å². The van der Waals surface area contributed by atoms with Gasteiger partial charge in [-0.3, -0.25) is 0 Å². The molecule has 0 heterocycles. The van der Waals surface area contributed by atoms with Crippen molar-refractivity contribution in [3.8, 4) is 0 Å². The predicted molar refractivity (Wildman–Crippen MR) is 67.1 cm³/mol. The Hall–Kier alpha value is -2.24. The van der Waals surface area contributed by atoms with Crippen LogP contribution in [-0.4, -0.2) is 29.3 Å². The van der Waals surface area contributed by atoms with Gasteiger partial charge in [-0.15, -0.1) is 0 Å². The number of carbonyl (C=O) groups excluding carboxylic acids is 1. The third kappa shape index (κ3) is 3.65. The van der Waals surface area contributed by atoms with Gasteiger partial charge in [0.25, 0.3) is 0 Å². The zero-order chi connectivity index (χ0) is 13.7. The Balaban J connectivity index is 2.85. The number of hydrogen-bond donors (Lipinski definition) is 3. The summed E-state index contributed by atoms with van der Waals surface area (Å²) in [6, 6.07) is 5.22. The highest BCUT2D eigenvalue weighted by molar-refractivity contribution is 5.76. The normalized spacial score (nSPS) is 9.72. The van der Waals surface area contributed by atoms with Crippen molar-refractivity contribution in [1.82, 2.24) is 15.8 Å². The summed E-state index contributed by atoms with van der Waals surface area (Å²) in [6.07, 6.45) is -1.28. The molecule has 1 aromatic rings. The van der Waals surface area contributed by atoms with Crippen LogP contribution in [0.5, 0.6) is 0 Å². The van der Waals surface area contributed by atoms with E-state index in [4.69, 9.17) is 5.11 Å². The highest BCUT2D eigenvalue weighted by Crippen LogP contribution is 2.11. The number of rotatable bonds is 2. The van der Waals surface area contributed by atoms with Crippen molar-refractivity contribution in [2.45, 2.75) is 20.4 Å². The summed E-state index contributed by atoms with van der Waals surface area (Å²) in [5.74, 6) is 0. The summed E-state index contributed by atoms with van der Waals surface area (Å²) in [5, 5.41) is 12.1. The lowest BCUT2D eigenvalue weighted by Crippen LogP contribution is -2.48. The van der Waals surface area contributed by atoms with Crippen LogP contribution in [0.15, 0.2) is 18.2 Å². The van der Waals surface area contributed by atoms with E-state index in [2.05, 4.69) is 10.7 Å². The van der Waals surface area contributed by atoms with E-state index >= 15 is 0 Å². The SMILES string of the molecule is CNC(=O)N(Cc1ccc(C)c(C)c1)NC(=O)O. The van der Waals surface area contributed by atoms with Gasteiger partial charge in [0, 0.05) is 7.05 Å². The highest BCUT2D eigenvalue weighted by Gasteiger charge is 2.14. The maximum Gasteiger partial charge on any atom is 0.423 e. The second-order valence-corrected chi connectivity index (χ2v) is 3.98. The summed E-state index contributed by atoms with van der Waals surface area (Å²) in [4.78, 5) is 22.1. The van der Waals surface area contributed by atoms with E-state index in [9.17, 15) is 9.59 Å². The van der Waals surface area contributed by atoms with Crippen LogP contribution in [0.3, 0.4) is 0 Å². The first kappa shape index (κ1) is 13.8. The van der Waals surface area contributed by atoms with Gasteiger partial charge in [-0.25, -0.2) is 20.0 Å². The monoisotopic (exact) mass is 251 g/mol. The number of hydrogen-bond acceptors (Lipinski definition) is 2. The first-order chi connectivity index (χ1) is 8.43. The third-order valence-electron chi connectivity index (χ3n) is 2.60. The maximum atomic E-state index is 11.5. The zero-order valence-corrected chi connectivity index (χ0v) is 10.7. The lowest BCUT2D eigenvalue weighted by atomic mass is 10.1. The Kier molecular flexibility index (Phi) is 4.53. The molecule has 0 bridgehead atoms. The zero-order valence-electron chi connectivity index (χ0n) is 10.7. The average molecular weight is 251 g/mol. The molecule has 0 aliphatic rings. The van der Waals surface area contributed by atoms with Crippen molar-refractivity contribution in [2.24, 2.45) is 0 Å². The molecule has 0 aliphatic heterocycles. The van der Waals surface area contributed by atoms with Gasteiger partial charge >= 0.3 is 12.1 Å². The van der Waals surface area contributed by atoms with Crippen LogP contribution in [0, 0.1) is 13.8 Å². The molecule has 0 radical (unpaired) electrons. The van der Waals surface area contributed by atoms with Gasteiger partial charge < -0.3 is 10.4 Å². The molecule has 98 valence electrons. The Morgan fingerprint density at radius 1 is 1.28 bits per heavy atom. The van der Waals surface area contributed by atoms with Crippen molar-refractivity contribution < 1.29 is 14.7 Å². The molecule has 6 heteroatoms. The molecule has 0 saturated carbocycles. The number of carbonyl (C=O) groups is 2.